The van der Waals surface area contributed by atoms with Gasteiger partial charge in [-0.2, -0.15) is 0 Å². The van der Waals surface area contributed by atoms with Crippen molar-refractivity contribution in [2.45, 2.75) is 32.6 Å². The topological polar surface area (TPSA) is 107 Å². The van der Waals surface area contributed by atoms with Crippen LogP contribution in [0.25, 0.3) is 0 Å². The molecular formula is C18H20N4O5. The van der Waals surface area contributed by atoms with Gasteiger partial charge in [-0.3, -0.25) is 33.8 Å². The molecule has 0 bridgehead atoms. The second-order valence-electron chi connectivity index (χ2n) is 6.48. The molecule has 0 aromatic heterocycles. The van der Waals surface area contributed by atoms with Crippen LogP contribution in [-0.4, -0.2) is 52.7 Å². The Kier molecular flexibility index (Phi) is 5.20. The molecule has 9 nitrogen and oxygen atoms in total. The molecule has 2 aliphatic heterocycles. The van der Waals surface area contributed by atoms with Crippen molar-refractivity contribution >= 4 is 40.9 Å². The zero-order valence-electron chi connectivity index (χ0n) is 14.9. The molecule has 0 atom stereocenters. The van der Waals surface area contributed by atoms with Crippen LogP contribution in [0, 0.1) is 0 Å². The van der Waals surface area contributed by atoms with Gasteiger partial charge in [0.15, 0.2) is 0 Å². The SMILES string of the molecule is CC(=O)Nc1ccc(N(CN2C(=O)CCC2=O)CN2C(=O)CCC2=O)cc1. The van der Waals surface area contributed by atoms with Crippen molar-refractivity contribution in [1.29, 1.82) is 0 Å². The summed E-state index contributed by atoms with van der Waals surface area (Å²) in [6, 6.07) is 6.73. The summed E-state index contributed by atoms with van der Waals surface area (Å²) in [6.07, 6.45) is 0.650. The zero-order chi connectivity index (χ0) is 19.6. The van der Waals surface area contributed by atoms with Crippen molar-refractivity contribution in [2.24, 2.45) is 0 Å². The molecule has 27 heavy (non-hydrogen) atoms. The Labute approximate surface area is 155 Å². The predicted molar refractivity (Wildman–Crippen MR) is 95.1 cm³/mol. The first-order valence-electron chi connectivity index (χ1n) is 8.64. The van der Waals surface area contributed by atoms with Crippen molar-refractivity contribution in [3.05, 3.63) is 24.3 Å². The van der Waals surface area contributed by atoms with Crippen LogP contribution >= 0.6 is 0 Å². The number of likely N-dealkylation sites (tertiary alicyclic amines) is 2. The van der Waals surface area contributed by atoms with Crippen LogP contribution in [0.5, 0.6) is 0 Å². The lowest BCUT2D eigenvalue weighted by molar-refractivity contribution is -0.138. The molecule has 1 N–H and O–H groups in total. The lowest BCUT2D eigenvalue weighted by Gasteiger charge is -2.31. The molecule has 142 valence electrons. The Hall–Kier alpha value is -3.23. The summed E-state index contributed by atoms with van der Waals surface area (Å²) >= 11 is 0. The number of carbonyl (C=O) groups excluding carboxylic acids is 5. The molecule has 3 rings (SSSR count). The minimum absolute atomic E-state index is 0.0474. The van der Waals surface area contributed by atoms with Crippen molar-refractivity contribution in [2.75, 3.05) is 23.6 Å². The number of carbonyl (C=O) groups is 5. The van der Waals surface area contributed by atoms with Crippen LogP contribution in [0.1, 0.15) is 32.6 Å². The van der Waals surface area contributed by atoms with Crippen LogP contribution in [0.3, 0.4) is 0 Å². The average molecular weight is 372 g/mol. The molecule has 0 unspecified atom stereocenters. The van der Waals surface area contributed by atoms with E-state index in [0.717, 1.165) is 9.80 Å². The van der Waals surface area contributed by atoms with E-state index >= 15 is 0 Å². The predicted octanol–water partition coefficient (Wildman–Crippen LogP) is 0.664. The van der Waals surface area contributed by atoms with Gasteiger partial charge in [-0.25, -0.2) is 0 Å². The van der Waals surface area contributed by atoms with Gasteiger partial charge in [-0.1, -0.05) is 0 Å². The summed E-state index contributed by atoms with van der Waals surface area (Å²) in [7, 11) is 0. The highest BCUT2D eigenvalue weighted by Gasteiger charge is 2.34. The fourth-order valence-electron chi connectivity index (χ4n) is 3.07. The van der Waals surface area contributed by atoms with Crippen molar-refractivity contribution in [3.8, 4) is 0 Å². The van der Waals surface area contributed by atoms with Gasteiger partial charge in [0.05, 0.1) is 0 Å². The normalized spacial score (nSPS) is 17.1. The molecule has 0 spiro atoms. The molecule has 0 saturated carbocycles. The Morgan fingerprint density at radius 1 is 0.852 bits per heavy atom. The molecule has 1 aromatic rings. The molecule has 2 heterocycles. The van der Waals surface area contributed by atoms with E-state index in [1.54, 1.807) is 29.2 Å². The van der Waals surface area contributed by atoms with E-state index in [4.69, 9.17) is 0 Å². The smallest absolute Gasteiger partial charge is 0.231 e. The van der Waals surface area contributed by atoms with Crippen LogP contribution in [0.15, 0.2) is 24.3 Å². The lowest BCUT2D eigenvalue weighted by Crippen LogP contribution is -2.47. The third kappa shape index (κ3) is 4.13. The van der Waals surface area contributed by atoms with Crippen molar-refractivity contribution in [1.82, 2.24) is 9.80 Å². The van der Waals surface area contributed by atoms with E-state index in [1.807, 2.05) is 0 Å². The zero-order valence-corrected chi connectivity index (χ0v) is 14.9. The van der Waals surface area contributed by atoms with Gasteiger partial charge in [0.25, 0.3) is 0 Å². The summed E-state index contributed by atoms with van der Waals surface area (Å²) in [5.41, 5.74) is 1.21. The molecule has 0 aliphatic carbocycles. The van der Waals surface area contributed by atoms with Gasteiger partial charge in [0.2, 0.25) is 29.5 Å². The second-order valence-corrected chi connectivity index (χ2v) is 6.48. The van der Waals surface area contributed by atoms with E-state index in [0.29, 0.717) is 11.4 Å². The molecule has 0 radical (unpaired) electrons. The standard InChI is InChI=1S/C18H20N4O5/c1-12(23)19-13-2-4-14(5-3-13)20(10-21-15(24)6-7-16(21)25)11-22-17(26)8-9-18(22)27/h2-5H,6-11H2,1H3,(H,19,23). The molecule has 2 saturated heterocycles. The second kappa shape index (κ2) is 7.56. The number of rotatable bonds is 6. The molecule has 9 heteroatoms. The Balaban J connectivity index is 1.83. The quantitative estimate of drug-likeness (QED) is 0.736. The Morgan fingerprint density at radius 3 is 1.63 bits per heavy atom. The maximum atomic E-state index is 12.0. The van der Waals surface area contributed by atoms with E-state index in [9.17, 15) is 24.0 Å². The summed E-state index contributed by atoms with van der Waals surface area (Å²) in [5.74, 6) is -1.32. The van der Waals surface area contributed by atoms with Crippen molar-refractivity contribution < 1.29 is 24.0 Å². The maximum Gasteiger partial charge on any atom is 0.231 e. The summed E-state index contributed by atoms with van der Waals surface area (Å²) in [4.78, 5) is 62.9. The molecule has 1 aromatic carbocycles. The minimum Gasteiger partial charge on any atom is -0.335 e. The van der Waals surface area contributed by atoms with E-state index in [2.05, 4.69) is 5.32 Å². The summed E-state index contributed by atoms with van der Waals surface area (Å²) < 4.78 is 0. The number of nitrogens with one attached hydrogen (secondary N) is 1. The van der Waals surface area contributed by atoms with E-state index in [-0.39, 0.29) is 68.6 Å². The fraction of sp³-hybridized carbons (Fsp3) is 0.389. The van der Waals surface area contributed by atoms with Gasteiger partial charge in [-0.15, -0.1) is 0 Å². The molecule has 5 amide bonds. The number of hydrogen-bond donors (Lipinski definition) is 1. The van der Waals surface area contributed by atoms with Crippen LogP contribution < -0.4 is 10.2 Å². The summed E-state index contributed by atoms with van der Waals surface area (Å²) in [5, 5.41) is 2.65. The van der Waals surface area contributed by atoms with Crippen LogP contribution in [0.2, 0.25) is 0 Å². The van der Waals surface area contributed by atoms with E-state index < -0.39 is 0 Å². The van der Waals surface area contributed by atoms with Gasteiger partial charge < -0.3 is 10.2 Å². The number of hydrogen-bond acceptors (Lipinski definition) is 6. The highest BCUT2D eigenvalue weighted by atomic mass is 16.2. The van der Waals surface area contributed by atoms with Crippen LogP contribution in [-0.2, 0) is 24.0 Å². The number of imide groups is 2. The van der Waals surface area contributed by atoms with Gasteiger partial charge in [-0.05, 0) is 24.3 Å². The number of anilines is 2. The largest absolute Gasteiger partial charge is 0.335 e. The number of amides is 5. The monoisotopic (exact) mass is 372 g/mol. The highest BCUT2D eigenvalue weighted by Crippen LogP contribution is 2.23. The molecule has 2 fully saturated rings. The van der Waals surface area contributed by atoms with Gasteiger partial charge >= 0.3 is 0 Å². The number of nitrogens with zero attached hydrogens (tertiary/aromatic N) is 3. The first kappa shape index (κ1) is 18.6. The van der Waals surface area contributed by atoms with Gasteiger partial charge in [0.1, 0.15) is 13.3 Å². The van der Waals surface area contributed by atoms with Gasteiger partial charge in [0, 0.05) is 44.0 Å². The first-order valence-corrected chi connectivity index (χ1v) is 8.64. The molecular weight excluding hydrogens is 352 g/mol. The highest BCUT2D eigenvalue weighted by molar-refractivity contribution is 6.03. The third-order valence-corrected chi connectivity index (χ3v) is 4.49. The molecule has 2 aliphatic rings. The Bertz CT molecular complexity index is 734. The van der Waals surface area contributed by atoms with Crippen LogP contribution in [0.4, 0.5) is 11.4 Å². The lowest BCUT2D eigenvalue weighted by atomic mass is 10.2. The maximum absolute atomic E-state index is 12.0. The van der Waals surface area contributed by atoms with Crippen molar-refractivity contribution in [3.63, 3.8) is 0 Å². The number of benzene rings is 1. The fourth-order valence-corrected chi connectivity index (χ4v) is 3.07. The third-order valence-electron chi connectivity index (χ3n) is 4.49. The minimum atomic E-state index is -0.279. The Morgan fingerprint density at radius 2 is 1.26 bits per heavy atom. The first-order chi connectivity index (χ1) is 12.8. The summed E-state index contributed by atoms with van der Waals surface area (Å²) in [6.45, 7) is 1.30. The average Bonchev–Trinajstić information content (AvgIpc) is 3.11. The van der Waals surface area contributed by atoms with E-state index in [1.165, 1.54) is 6.92 Å².